The normalized spacial score (nSPS) is 20.5. The van der Waals surface area contributed by atoms with Crippen molar-refractivity contribution < 1.29 is 9.31 Å². The quantitative estimate of drug-likeness (QED) is 0.665. The Morgan fingerprint density at radius 3 is 1.95 bits per heavy atom. The van der Waals surface area contributed by atoms with Gasteiger partial charge in [-0.1, -0.05) is 18.2 Å². The van der Waals surface area contributed by atoms with Gasteiger partial charge in [-0.05, 0) is 63.7 Å². The van der Waals surface area contributed by atoms with Gasteiger partial charge in [0.05, 0.1) is 11.2 Å². The van der Waals surface area contributed by atoms with E-state index >= 15 is 0 Å². The highest BCUT2D eigenvalue weighted by Gasteiger charge is 2.52. The number of rotatable bonds is 3. The van der Waals surface area contributed by atoms with E-state index in [1.165, 1.54) is 0 Å². The Labute approximate surface area is 134 Å². The van der Waals surface area contributed by atoms with Gasteiger partial charge in [-0.25, -0.2) is 0 Å². The maximum Gasteiger partial charge on any atom is 0.491 e. The lowest BCUT2D eigenvalue weighted by molar-refractivity contribution is 0.00578. The van der Waals surface area contributed by atoms with Crippen LogP contribution in [0.4, 0.5) is 5.69 Å². The molecule has 0 spiro atoms. The molecule has 22 heavy (non-hydrogen) atoms. The highest BCUT2D eigenvalue weighted by atomic mass is 16.7. The zero-order valence-electron chi connectivity index (χ0n) is 14.5. The van der Waals surface area contributed by atoms with Crippen molar-refractivity contribution in [3.05, 3.63) is 34.3 Å². The van der Waals surface area contributed by atoms with E-state index in [-0.39, 0.29) is 11.2 Å². The summed E-state index contributed by atoms with van der Waals surface area (Å²) >= 11 is 0. The average Bonchev–Trinajstić information content (AvgIpc) is 2.61. The molecule has 120 valence electrons. The smallest absolute Gasteiger partial charge is 0.400 e. The lowest BCUT2D eigenvalue weighted by atomic mass is 9.77. The molecule has 1 aromatic rings. The molecular weight excluding hydrogens is 275 g/mol. The molecule has 4 N–H and O–H groups in total. The number of aryl methyl sites for hydroxylation is 2. The first-order valence-electron chi connectivity index (χ1n) is 7.70. The maximum absolute atomic E-state index is 6.08. The number of nitrogen functional groups attached to an aromatic ring is 1. The van der Waals surface area contributed by atoms with Crippen LogP contribution in [0.15, 0.2) is 17.6 Å². The molecule has 0 aliphatic carbocycles. The minimum atomic E-state index is -0.409. The summed E-state index contributed by atoms with van der Waals surface area (Å²) in [6.45, 7) is 12.6. The second-order valence-electron chi connectivity index (χ2n) is 7.08. The van der Waals surface area contributed by atoms with Crippen LogP contribution in [-0.4, -0.2) is 24.9 Å². The Morgan fingerprint density at radius 1 is 1.09 bits per heavy atom. The number of hydrogen-bond acceptors (Lipinski definition) is 4. The standard InChI is InChI=1S/C17H27BN2O2/c1-11-7-13(8-12(2)15(11)20)9-14(10-19)18-21-16(3,4)17(5,6)22-18/h7-9H,10,19-20H2,1-6H3. The first kappa shape index (κ1) is 17.1. The highest BCUT2D eigenvalue weighted by molar-refractivity contribution is 6.55. The molecule has 2 rings (SSSR count). The van der Waals surface area contributed by atoms with Crippen LogP contribution >= 0.6 is 0 Å². The van der Waals surface area contributed by atoms with Crippen molar-refractivity contribution in [1.29, 1.82) is 0 Å². The Bertz CT molecular complexity index is 570. The Balaban J connectivity index is 2.34. The van der Waals surface area contributed by atoms with Crippen LogP contribution in [0.2, 0.25) is 0 Å². The van der Waals surface area contributed by atoms with E-state index in [1.54, 1.807) is 0 Å². The number of anilines is 1. The van der Waals surface area contributed by atoms with Crippen LogP contribution in [0.3, 0.4) is 0 Å². The van der Waals surface area contributed by atoms with Crippen LogP contribution in [0.1, 0.15) is 44.4 Å². The number of hydrogen-bond donors (Lipinski definition) is 2. The molecule has 1 heterocycles. The van der Waals surface area contributed by atoms with Gasteiger partial charge in [0.1, 0.15) is 0 Å². The SMILES string of the molecule is Cc1cc(C=C(CN)B2OC(C)(C)C(C)(C)O2)cc(C)c1N. The monoisotopic (exact) mass is 302 g/mol. The largest absolute Gasteiger partial charge is 0.491 e. The van der Waals surface area contributed by atoms with Gasteiger partial charge in [-0.3, -0.25) is 0 Å². The summed E-state index contributed by atoms with van der Waals surface area (Å²) < 4.78 is 12.2. The minimum Gasteiger partial charge on any atom is -0.400 e. The Hall–Kier alpha value is -1.30. The van der Waals surface area contributed by atoms with Crippen molar-refractivity contribution in [2.45, 2.75) is 52.7 Å². The molecule has 1 fully saturated rings. The third kappa shape index (κ3) is 3.07. The van der Waals surface area contributed by atoms with E-state index in [1.807, 2.05) is 47.6 Å². The summed E-state index contributed by atoms with van der Waals surface area (Å²) in [4.78, 5) is 0. The van der Waals surface area contributed by atoms with Crippen molar-refractivity contribution in [2.24, 2.45) is 5.73 Å². The zero-order valence-corrected chi connectivity index (χ0v) is 14.5. The van der Waals surface area contributed by atoms with Crippen molar-refractivity contribution >= 4 is 18.9 Å². The van der Waals surface area contributed by atoms with E-state index < -0.39 is 7.12 Å². The third-order valence-corrected chi connectivity index (χ3v) is 4.76. The summed E-state index contributed by atoms with van der Waals surface area (Å²) in [6.07, 6.45) is 2.04. The maximum atomic E-state index is 6.08. The fraction of sp³-hybridized carbons (Fsp3) is 0.529. The molecule has 1 aromatic carbocycles. The van der Waals surface area contributed by atoms with E-state index in [4.69, 9.17) is 20.8 Å². The summed E-state index contributed by atoms with van der Waals surface area (Å²) in [7, 11) is -0.409. The molecular formula is C17H27BN2O2. The molecule has 4 nitrogen and oxygen atoms in total. The predicted octanol–water partition coefficient (Wildman–Crippen LogP) is 2.86. The minimum absolute atomic E-state index is 0.362. The van der Waals surface area contributed by atoms with Gasteiger partial charge in [0.2, 0.25) is 0 Å². The first-order chi connectivity index (χ1) is 10.1. The molecule has 1 aliphatic rings. The van der Waals surface area contributed by atoms with Crippen LogP contribution in [0.25, 0.3) is 6.08 Å². The Kier molecular flexibility index (Phi) is 4.44. The van der Waals surface area contributed by atoms with Gasteiger partial charge in [-0.2, -0.15) is 0 Å². The van der Waals surface area contributed by atoms with Crippen LogP contribution in [-0.2, 0) is 9.31 Å². The molecule has 0 aromatic heterocycles. The zero-order chi connectivity index (χ0) is 16.7. The molecule has 0 bridgehead atoms. The molecule has 1 saturated heterocycles. The topological polar surface area (TPSA) is 70.5 Å². The van der Waals surface area contributed by atoms with Crippen molar-refractivity contribution in [1.82, 2.24) is 0 Å². The summed E-state index contributed by atoms with van der Waals surface area (Å²) in [5.74, 6) is 0. The molecule has 0 radical (unpaired) electrons. The Morgan fingerprint density at radius 2 is 1.55 bits per heavy atom. The lowest BCUT2D eigenvalue weighted by Crippen LogP contribution is -2.41. The molecule has 0 amide bonds. The van der Waals surface area contributed by atoms with Crippen molar-refractivity contribution in [2.75, 3.05) is 12.3 Å². The molecule has 0 atom stereocenters. The second kappa shape index (κ2) is 5.72. The van der Waals surface area contributed by atoms with Gasteiger partial charge >= 0.3 is 7.12 Å². The summed E-state index contributed by atoms with van der Waals surface area (Å²) in [5.41, 5.74) is 16.2. The van der Waals surface area contributed by atoms with Crippen LogP contribution < -0.4 is 11.5 Å². The summed E-state index contributed by atoms with van der Waals surface area (Å²) in [6, 6.07) is 4.12. The highest BCUT2D eigenvalue weighted by Crippen LogP contribution is 2.38. The van der Waals surface area contributed by atoms with E-state index in [9.17, 15) is 0 Å². The molecule has 0 saturated carbocycles. The first-order valence-corrected chi connectivity index (χ1v) is 7.70. The fourth-order valence-corrected chi connectivity index (χ4v) is 2.52. The van der Waals surface area contributed by atoms with Gasteiger partial charge < -0.3 is 20.8 Å². The number of benzene rings is 1. The van der Waals surface area contributed by atoms with Crippen molar-refractivity contribution in [3.8, 4) is 0 Å². The van der Waals surface area contributed by atoms with E-state index in [0.29, 0.717) is 6.54 Å². The average molecular weight is 302 g/mol. The van der Waals surface area contributed by atoms with Crippen LogP contribution in [0, 0.1) is 13.8 Å². The van der Waals surface area contributed by atoms with Gasteiger partial charge in [0.25, 0.3) is 0 Å². The number of nitrogens with two attached hydrogens (primary N) is 2. The third-order valence-electron chi connectivity index (χ3n) is 4.76. The van der Waals surface area contributed by atoms with Gasteiger partial charge in [-0.15, -0.1) is 0 Å². The van der Waals surface area contributed by atoms with Gasteiger partial charge in [0, 0.05) is 12.2 Å². The molecule has 0 unspecified atom stereocenters. The summed E-state index contributed by atoms with van der Waals surface area (Å²) in [5, 5.41) is 0. The molecule has 1 aliphatic heterocycles. The lowest BCUT2D eigenvalue weighted by Gasteiger charge is -2.32. The van der Waals surface area contributed by atoms with E-state index in [0.717, 1.165) is 27.9 Å². The van der Waals surface area contributed by atoms with Gasteiger partial charge in [0.15, 0.2) is 0 Å². The second-order valence-corrected chi connectivity index (χ2v) is 7.08. The fourth-order valence-electron chi connectivity index (χ4n) is 2.52. The van der Waals surface area contributed by atoms with Crippen molar-refractivity contribution in [3.63, 3.8) is 0 Å². The molecule has 5 heteroatoms. The van der Waals surface area contributed by atoms with E-state index in [2.05, 4.69) is 12.1 Å². The van der Waals surface area contributed by atoms with Crippen LogP contribution in [0.5, 0.6) is 0 Å². The predicted molar refractivity (Wildman–Crippen MR) is 93.4 cm³/mol.